The molecule has 0 saturated carbocycles. The van der Waals surface area contributed by atoms with Crippen molar-refractivity contribution in [2.45, 2.75) is 13.5 Å². The lowest BCUT2D eigenvalue weighted by molar-refractivity contribution is 0.0523. The zero-order valence-corrected chi connectivity index (χ0v) is 12.4. The van der Waals surface area contributed by atoms with Crippen LogP contribution in [0.25, 0.3) is 0 Å². The molecule has 0 radical (unpaired) electrons. The molecule has 0 aliphatic rings. The third kappa shape index (κ3) is 3.66. The number of carbonyl (C=O) groups excluding carboxylic acids is 2. The molecule has 1 N–H and O–H groups in total. The average Bonchev–Trinajstić information content (AvgIpc) is 3.01. The molecule has 0 unspecified atom stereocenters. The van der Waals surface area contributed by atoms with Crippen molar-refractivity contribution in [2.24, 2.45) is 0 Å². The minimum Gasteiger partial charge on any atom is -0.467 e. The van der Waals surface area contributed by atoms with Crippen molar-refractivity contribution in [1.29, 1.82) is 0 Å². The van der Waals surface area contributed by atoms with Crippen molar-refractivity contribution < 1.29 is 23.5 Å². The van der Waals surface area contributed by atoms with Crippen molar-refractivity contribution in [1.82, 2.24) is 0 Å². The van der Waals surface area contributed by atoms with Crippen LogP contribution in [0.3, 0.4) is 0 Å². The monoisotopic (exact) mass is 303 g/mol. The number of carbonyl (C=O) groups is 2. The van der Waals surface area contributed by atoms with E-state index in [-0.39, 0.29) is 5.97 Å². The van der Waals surface area contributed by atoms with Gasteiger partial charge in [0.1, 0.15) is 11.3 Å². The van der Waals surface area contributed by atoms with E-state index in [1.54, 1.807) is 37.3 Å². The normalized spacial score (nSPS) is 10.1. The van der Waals surface area contributed by atoms with Crippen LogP contribution in [0.5, 0.6) is 0 Å². The molecule has 1 aromatic carbocycles. The maximum absolute atomic E-state index is 11.7. The summed E-state index contributed by atoms with van der Waals surface area (Å²) in [6.07, 6.45) is 1.45. The summed E-state index contributed by atoms with van der Waals surface area (Å²) in [7, 11) is 1.34. The maximum Gasteiger partial charge on any atom is 0.341 e. The lowest BCUT2D eigenvalue weighted by Crippen LogP contribution is -2.08. The van der Waals surface area contributed by atoms with Gasteiger partial charge in [-0.1, -0.05) is 0 Å². The molecule has 0 amide bonds. The minimum absolute atomic E-state index is 0.311. The van der Waals surface area contributed by atoms with Gasteiger partial charge in [-0.2, -0.15) is 0 Å². The van der Waals surface area contributed by atoms with Crippen LogP contribution in [-0.4, -0.2) is 25.7 Å². The number of rotatable bonds is 6. The first-order valence-corrected chi connectivity index (χ1v) is 6.81. The van der Waals surface area contributed by atoms with E-state index in [0.29, 0.717) is 30.0 Å². The van der Waals surface area contributed by atoms with Crippen LogP contribution in [0.4, 0.5) is 5.69 Å². The fourth-order valence-electron chi connectivity index (χ4n) is 1.89. The second kappa shape index (κ2) is 7.31. The van der Waals surface area contributed by atoms with Crippen LogP contribution in [0.15, 0.2) is 41.0 Å². The van der Waals surface area contributed by atoms with Crippen LogP contribution < -0.4 is 5.32 Å². The largest absolute Gasteiger partial charge is 0.467 e. The lowest BCUT2D eigenvalue weighted by atomic mass is 10.2. The van der Waals surface area contributed by atoms with Crippen LogP contribution in [0, 0.1) is 0 Å². The highest BCUT2D eigenvalue weighted by Crippen LogP contribution is 2.16. The number of hydrogen-bond donors (Lipinski definition) is 1. The first-order chi connectivity index (χ1) is 10.7. The number of esters is 2. The van der Waals surface area contributed by atoms with Gasteiger partial charge in [-0.05, 0) is 37.3 Å². The molecule has 1 heterocycles. The number of nitrogens with one attached hydrogen (secondary N) is 1. The molecule has 0 atom stereocenters. The van der Waals surface area contributed by atoms with E-state index in [9.17, 15) is 9.59 Å². The zero-order chi connectivity index (χ0) is 15.9. The quantitative estimate of drug-likeness (QED) is 0.827. The first kappa shape index (κ1) is 15.6. The smallest absolute Gasteiger partial charge is 0.341 e. The van der Waals surface area contributed by atoms with Gasteiger partial charge in [0.05, 0.1) is 32.1 Å². The lowest BCUT2D eigenvalue weighted by Gasteiger charge is -2.07. The molecule has 0 aliphatic carbocycles. The molecular formula is C16H17NO5. The highest BCUT2D eigenvalue weighted by molar-refractivity contribution is 5.90. The minimum atomic E-state index is -0.408. The molecule has 6 nitrogen and oxygen atoms in total. The molecule has 0 aliphatic heterocycles. The SMILES string of the molecule is CCOC(=O)c1ccoc1CNc1ccc(C(=O)OC)cc1. The Labute approximate surface area is 128 Å². The van der Waals surface area contributed by atoms with Crippen LogP contribution in [-0.2, 0) is 16.0 Å². The molecule has 6 heteroatoms. The van der Waals surface area contributed by atoms with Gasteiger partial charge >= 0.3 is 11.9 Å². The summed E-state index contributed by atoms with van der Waals surface area (Å²) in [4.78, 5) is 23.1. The molecule has 2 rings (SSSR count). The Bertz CT molecular complexity index is 645. The Morgan fingerprint density at radius 1 is 1.14 bits per heavy atom. The highest BCUT2D eigenvalue weighted by atomic mass is 16.5. The molecule has 0 bridgehead atoms. The van der Waals surface area contributed by atoms with Crippen molar-refractivity contribution in [3.05, 3.63) is 53.5 Å². The first-order valence-electron chi connectivity index (χ1n) is 6.81. The van der Waals surface area contributed by atoms with Gasteiger partial charge in [-0.3, -0.25) is 0 Å². The topological polar surface area (TPSA) is 77.8 Å². The molecule has 22 heavy (non-hydrogen) atoms. The predicted molar refractivity (Wildman–Crippen MR) is 79.8 cm³/mol. The van der Waals surface area contributed by atoms with Gasteiger partial charge in [-0.15, -0.1) is 0 Å². The number of anilines is 1. The summed E-state index contributed by atoms with van der Waals surface area (Å²) in [5.74, 6) is -0.299. The van der Waals surface area contributed by atoms with E-state index >= 15 is 0 Å². The molecule has 0 saturated heterocycles. The Hall–Kier alpha value is -2.76. The summed E-state index contributed by atoms with van der Waals surface area (Å²) < 4.78 is 14.9. The standard InChI is InChI=1S/C16H17NO5/c1-3-21-16(19)13-8-9-22-14(13)10-17-12-6-4-11(5-7-12)15(18)20-2/h4-9,17H,3,10H2,1-2H3. The Morgan fingerprint density at radius 3 is 2.50 bits per heavy atom. The number of hydrogen-bond acceptors (Lipinski definition) is 6. The van der Waals surface area contributed by atoms with Crippen molar-refractivity contribution >= 4 is 17.6 Å². The summed E-state index contributed by atoms with van der Waals surface area (Å²) in [6, 6.07) is 8.39. The summed E-state index contributed by atoms with van der Waals surface area (Å²) in [5.41, 5.74) is 1.66. The van der Waals surface area contributed by atoms with Gasteiger partial charge in [0.2, 0.25) is 0 Å². The van der Waals surface area contributed by atoms with Gasteiger partial charge in [0.15, 0.2) is 0 Å². The van der Waals surface area contributed by atoms with Crippen LogP contribution >= 0.6 is 0 Å². The van der Waals surface area contributed by atoms with Gasteiger partial charge in [0.25, 0.3) is 0 Å². The third-order valence-corrected chi connectivity index (χ3v) is 3.00. The van der Waals surface area contributed by atoms with E-state index in [0.717, 1.165) is 5.69 Å². The molecule has 0 spiro atoms. The number of ether oxygens (including phenoxy) is 2. The van der Waals surface area contributed by atoms with Gasteiger partial charge in [0, 0.05) is 5.69 Å². The Kier molecular flexibility index (Phi) is 5.19. The third-order valence-electron chi connectivity index (χ3n) is 3.00. The van der Waals surface area contributed by atoms with E-state index in [1.807, 2.05) is 0 Å². The van der Waals surface area contributed by atoms with E-state index in [4.69, 9.17) is 9.15 Å². The number of furan rings is 1. The Balaban J connectivity index is 2.00. The van der Waals surface area contributed by atoms with E-state index < -0.39 is 5.97 Å². The molecule has 2 aromatic rings. The van der Waals surface area contributed by atoms with Crippen molar-refractivity contribution in [2.75, 3.05) is 19.0 Å². The summed E-state index contributed by atoms with van der Waals surface area (Å²) >= 11 is 0. The second-order valence-electron chi connectivity index (χ2n) is 4.40. The number of benzene rings is 1. The number of methoxy groups -OCH3 is 1. The van der Waals surface area contributed by atoms with E-state index in [2.05, 4.69) is 10.1 Å². The summed E-state index contributed by atoms with van der Waals surface area (Å²) in [6.45, 7) is 2.39. The molecular weight excluding hydrogens is 286 g/mol. The van der Waals surface area contributed by atoms with Gasteiger partial charge in [-0.25, -0.2) is 9.59 Å². The highest BCUT2D eigenvalue weighted by Gasteiger charge is 2.15. The molecule has 1 aromatic heterocycles. The van der Waals surface area contributed by atoms with E-state index in [1.165, 1.54) is 13.4 Å². The molecule has 116 valence electrons. The fraction of sp³-hybridized carbons (Fsp3) is 0.250. The fourth-order valence-corrected chi connectivity index (χ4v) is 1.89. The predicted octanol–water partition coefficient (Wildman–Crippen LogP) is 2.86. The summed E-state index contributed by atoms with van der Waals surface area (Å²) in [5, 5.41) is 3.11. The van der Waals surface area contributed by atoms with Crippen molar-refractivity contribution in [3.63, 3.8) is 0 Å². The second-order valence-corrected chi connectivity index (χ2v) is 4.40. The zero-order valence-electron chi connectivity index (χ0n) is 12.4. The van der Waals surface area contributed by atoms with Crippen LogP contribution in [0.2, 0.25) is 0 Å². The van der Waals surface area contributed by atoms with Gasteiger partial charge < -0.3 is 19.2 Å². The van der Waals surface area contributed by atoms with Crippen LogP contribution in [0.1, 0.15) is 33.4 Å². The Morgan fingerprint density at radius 2 is 1.86 bits per heavy atom. The maximum atomic E-state index is 11.7. The molecule has 0 fully saturated rings. The van der Waals surface area contributed by atoms with Crippen molar-refractivity contribution in [3.8, 4) is 0 Å². The average molecular weight is 303 g/mol.